The predicted octanol–water partition coefficient (Wildman–Crippen LogP) is 2.73. The Balaban J connectivity index is 1.92. The maximum atomic E-state index is 9.99. The van der Waals surface area contributed by atoms with Gasteiger partial charge in [-0.05, 0) is 13.0 Å². The Morgan fingerprint density at radius 2 is 1.26 bits per heavy atom. The van der Waals surface area contributed by atoms with Gasteiger partial charge in [0.15, 0.2) is 6.29 Å². The number of hydrogen-bond donors (Lipinski definition) is 4. The third-order valence-corrected chi connectivity index (χ3v) is 5.45. The monoisotopic (exact) mass is 389 g/mol. The van der Waals surface area contributed by atoms with Crippen LogP contribution in [-0.2, 0) is 9.47 Å². The zero-order chi connectivity index (χ0) is 19.9. The summed E-state index contributed by atoms with van der Waals surface area (Å²) in [6, 6.07) is 0. The molecule has 6 nitrogen and oxygen atoms in total. The molecule has 1 fully saturated rings. The van der Waals surface area contributed by atoms with Crippen LogP contribution in [0.3, 0.4) is 0 Å². The van der Waals surface area contributed by atoms with E-state index < -0.39 is 30.7 Å². The normalized spacial score (nSPS) is 28.6. The van der Waals surface area contributed by atoms with Crippen LogP contribution in [0.2, 0.25) is 0 Å². The molecule has 0 saturated carbocycles. The number of rotatable bonds is 16. The predicted molar refractivity (Wildman–Crippen MR) is 108 cm³/mol. The number of nitrogens with one attached hydrogen (secondary N) is 1. The van der Waals surface area contributed by atoms with Crippen molar-refractivity contribution in [3.8, 4) is 0 Å². The molecule has 1 aliphatic rings. The van der Waals surface area contributed by atoms with Crippen molar-refractivity contribution in [1.82, 2.24) is 5.32 Å². The summed E-state index contributed by atoms with van der Waals surface area (Å²) in [5.41, 5.74) is 0. The minimum atomic E-state index is -1.25. The van der Waals surface area contributed by atoms with Crippen LogP contribution < -0.4 is 5.32 Å². The van der Waals surface area contributed by atoms with Crippen LogP contribution in [-0.4, -0.2) is 66.2 Å². The summed E-state index contributed by atoms with van der Waals surface area (Å²) in [5, 5.41) is 32.8. The van der Waals surface area contributed by atoms with Gasteiger partial charge < -0.3 is 30.1 Å². The Morgan fingerprint density at radius 1 is 0.741 bits per heavy atom. The third-order valence-electron chi connectivity index (χ3n) is 5.45. The molecule has 1 saturated heterocycles. The lowest BCUT2D eigenvalue weighted by Gasteiger charge is -2.39. The molecule has 0 spiro atoms. The van der Waals surface area contributed by atoms with E-state index in [2.05, 4.69) is 12.2 Å². The van der Waals surface area contributed by atoms with Gasteiger partial charge in [0.1, 0.15) is 24.4 Å². The second-order valence-corrected chi connectivity index (χ2v) is 7.84. The lowest BCUT2D eigenvalue weighted by atomic mass is 9.99. The van der Waals surface area contributed by atoms with Gasteiger partial charge in [-0.1, -0.05) is 77.6 Å². The third kappa shape index (κ3) is 10.2. The van der Waals surface area contributed by atoms with E-state index in [1.165, 1.54) is 77.7 Å². The van der Waals surface area contributed by atoms with Gasteiger partial charge in [0, 0.05) is 13.7 Å². The molecule has 0 unspecified atom stereocenters. The zero-order valence-electron chi connectivity index (χ0n) is 17.4. The van der Waals surface area contributed by atoms with E-state index in [0.717, 1.165) is 13.0 Å². The van der Waals surface area contributed by atoms with Gasteiger partial charge in [0.2, 0.25) is 0 Å². The van der Waals surface area contributed by atoms with Crippen molar-refractivity contribution >= 4 is 0 Å². The fourth-order valence-corrected chi connectivity index (χ4v) is 3.62. The van der Waals surface area contributed by atoms with Crippen LogP contribution in [0.5, 0.6) is 0 Å². The molecule has 162 valence electrons. The fraction of sp³-hybridized carbons (Fsp3) is 1.00. The molecule has 1 aliphatic heterocycles. The molecular formula is C21H43NO5. The van der Waals surface area contributed by atoms with Crippen molar-refractivity contribution in [2.24, 2.45) is 0 Å². The van der Waals surface area contributed by atoms with E-state index in [-0.39, 0.29) is 0 Å². The summed E-state index contributed by atoms with van der Waals surface area (Å²) in [6.07, 6.45) is 10.8. The lowest BCUT2D eigenvalue weighted by molar-refractivity contribution is -0.288. The van der Waals surface area contributed by atoms with Crippen molar-refractivity contribution in [3.05, 3.63) is 0 Å². The first-order chi connectivity index (χ1) is 13.1. The van der Waals surface area contributed by atoms with Crippen LogP contribution in [0.4, 0.5) is 0 Å². The van der Waals surface area contributed by atoms with E-state index in [0.29, 0.717) is 6.54 Å². The quantitative estimate of drug-likeness (QED) is 0.304. The summed E-state index contributed by atoms with van der Waals surface area (Å²) in [7, 11) is 1.41. The van der Waals surface area contributed by atoms with Crippen LogP contribution in [0.15, 0.2) is 0 Å². The number of aliphatic hydroxyl groups excluding tert-OH is 3. The molecule has 5 atom stereocenters. The van der Waals surface area contributed by atoms with E-state index in [9.17, 15) is 15.3 Å². The molecule has 0 bridgehead atoms. The second-order valence-electron chi connectivity index (χ2n) is 7.84. The topological polar surface area (TPSA) is 91.2 Å². The van der Waals surface area contributed by atoms with Gasteiger partial charge >= 0.3 is 0 Å². The maximum absolute atomic E-state index is 9.99. The van der Waals surface area contributed by atoms with Crippen molar-refractivity contribution in [2.75, 3.05) is 20.2 Å². The molecule has 1 rings (SSSR count). The highest BCUT2D eigenvalue weighted by molar-refractivity contribution is 4.89. The van der Waals surface area contributed by atoms with Gasteiger partial charge in [-0.15, -0.1) is 0 Å². The Bertz CT molecular complexity index is 343. The van der Waals surface area contributed by atoms with Crippen molar-refractivity contribution in [1.29, 1.82) is 0 Å². The number of unbranched alkanes of at least 4 members (excludes halogenated alkanes) is 11. The van der Waals surface area contributed by atoms with Gasteiger partial charge in [0.25, 0.3) is 0 Å². The average molecular weight is 390 g/mol. The Labute approximate surface area is 165 Å². The summed E-state index contributed by atoms with van der Waals surface area (Å²) in [6.45, 7) is 3.55. The SMILES string of the molecule is CCCCCCCCCCCCCCNC[C@H]1O[C@H](OC)[C@H](O)[C@@H](O)[C@@H]1O. The van der Waals surface area contributed by atoms with Gasteiger partial charge in [-0.2, -0.15) is 0 Å². The molecule has 0 amide bonds. The Morgan fingerprint density at radius 3 is 1.78 bits per heavy atom. The minimum absolute atomic E-state index is 0.433. The first-order valence-electron chi connectivity index (χ1n) is 11.0. The van der Waals surface area contributed by atoms with E-state index in [1.54, 1.807) is 0 Å². The molecular weight excluding hydrogens is 346 g/mol. The van der Waals surface area contributed by atoms with Gasteiger partial charge in [-0.25, -0.2) is 0 Å². The standard InChI is InChI=1S/C21H43NO5/c1-3-4-5-6-7-8-9-10-11-12-13-14-15-22-16-17-18(23)19(24)20(25)21(26-2)27-17/h17-25H,3-16H2,1-2H3/t17-,18-,19+,20-,21+/m1/s1. The molecule has 1 heterocycles. The highest BCUT2D eigenvalue weighted by atomic mass is 16.7. The smallest absolute Gasteiger partial charge is 0.186 e. The second kappa shape index (κ2) is 15.7. The molecule has 0 aromatic rings. The highest BCUT2D eigenvalue weighted by Gasteiger charge is 2.43. The molecule has 0 radical (unpaired) electrons. The summed E-state index contributed by atoms with van der Waals surface area (Å²) in [5.74, 6) is 0. The average Bonchev–Trinajstić information content (AvgIpc) is 2.68. The van der Waals surface area contributed by atoms with Crippen molar-refractivity contribution < 1.29 is 24.8 Å². The van der Waals surface area contributed by atoms with Crippen molar-refractivity contribution in [2.45, 2.75) is 115 Å². The largest absolute Gasteiger partial charge is 0.388 e. The summed E-state index contributed by atoms with van der Waals surface area (Å²) in [4.78, 5) is 0. The van der Waals surface area contributed by atoms with Gasteiger partial charge in [0.05, 0.1) is 0 Å². The zero-order valence-corrected chi connectivity index (χ0v) is 17.4. The number of ether oxygens (including phenoxy) is 2. The molecule has 6 heteroatoms. The molecule has 0 aliphatic carbocycles. The van der Waals surface area contributed by atoms with E-state index >= 15 is 0 Å². The summed E-state index contributed by atoms with van der Waals surface area (Å²) >= 11 is 0. The minimum Gasteiger partial charge on any atom is -0.388 e. The molecule has 0 aromatic heterocycles. The highest BCUT2D eigenvalue weighted by Crippen LogP contribution is 2.21. The van der Waals surface area contributed by atoms with E-state index in [1.807, 2.05) is 0 Å². The molecule has 4 N–H and O–H groups in total. The van der Waals surface area contributed by atoms with E-state index in [4.69, 9.17) is 9.47 Å². The molecule has 0 aromatic carbocycles. The Hall–Kier alpha value is -0.240. The van der Waals surface area contributed by atoms with Crippen LogP contribution in [0, 0.1) is 0 Å². The first kappa shape index (κ1) is 24.8. The van der Waals surface area contributed by atoms with Crippen LogP contribution in [0.1, 0.15) is 84.0 Å². The van der Waals surface area contributed by atoms with Crippen LogP contribution >= 0.6 is 0 Å². The van der Waals surface area contributed by atoms with Crippen LogP contribution in [0.25, 0.3) is 0 Å². The number of hydrogen-bond acceptors (Lipinski definition) is 6. The van der Waals surface area contributed by atoms with Crippen molar-refractivity contribution in [3.63, 3.8) is 0 Å². The number of aliphatic hydroxyl groups is 3. The Kier molecular flexibility index (Phi) is 14.4. The fourth-order valence-electron chi connectivity index (χ4n) is 3.62. The van der Waals surface area contributed by atoms with Gasteiger partial charge in [-0.3, -0.25) is 0 Å². The maximum Gasteiger partial charge on any atom is 0.186 e. The summed E-state index contributed by atoms with van der Waals surface area (Å²) < 4.78 is 10.5. The first-order valence-corrected chi connectivity index (χ1v) is 11.0. The molecule has 27 heavy (non-hydrogen) atoms. The lowest BCUT2D eigenvalue weighted by Crippen LogP contribution is -2.60. The number of methoxy groups -OCH3 is 1.